The molecule has 0 saturated heterocycles. The van der Waals surface area contributed by atoms with Gasteiger partial charge in [0.15, 0.2) is 5.78 Å². The van der Waals surface area contributed by atoms with Gasteiger partial charge in [-0.3, -0.25) is 4.79 Å². The lowest BCUT2D eigenvalue weighted by Crippen LogP contribution is -1.96. The van der Waals surface area contributed by atoms with E-state index in [9.17, 15) is 4.79 Å². The average Bonchev–Trinajstić information content (AvgIpc) is 2.54. The van der Waals surface area contributed by atoms with Crippen molar-refractivity contribution in [1.82, 2.24) is 0 Å². The van der Waals surface area contributed by atoms with Gasteiger partial charge in [0.25, 0.3) is 0 Å². The molecule has 0 saturated carbocycles. The first-order valence-electron chi connectivity index (χ1n) is 5.01. The van der Waals surface area contributed by atoms with Crippen molar-refractivity contribution in [2.24, 2.45) is 0 Å². The Morgan fingerprint density at radius 1 is 0.824 bits per heavy atom. The number of carbonyl (C=O) groups excluding carboxylic acids is 1. The average molecular weight is 264 g/mol. The van der Waals surface area contributed by atoms with Gasteiger partial charge >= 0.3 is 0 Å². The second-order valence-corrected chi connectivity index (χ2v) is 4.76. The maximum Gasteiger partial charge on any atom is 0.194 e. The standard InChI is InChI=1S/C13H7Cl2NO/c14-11-4-8-7-2-1-6(16)3-9(7)13(17)10(8)5-12(11)15/h1-5H,16H2. The van der Waals surface area contributed by atoms with Crippen molar-refractivity contribution >= 4 is 34.7 Å². The number of hydrogen-bond donors (Lipinski definition) is 1. The van der Waals surface area contributed by atoms with Crippen LogP contribution in [0.5, 0.6) is 0 Å². The van der Waals surface area contributed by atoms with Crippen LogP contribution >= 0.6 is 23.2 Å². The lowest BCUT2D eigenvalue weighted by molar-refractivity contribution is 0.104. The summed E-state index contributed by atoms with van der Waals surface area (Å²) < 4.78 is 0. The van der Waals surface area contributed by atoms with Crippen LogP contribution < -0.4 is 5.73 Å². The van der Waals surface area contributed by atoms with Crippen LogP contribution in [0, 0.1) is 0 Å². The zero-order chi connectivity index (χ0) is 12.2. The molecule has 4 heteroatoms. The molecule has 0 atom stereocenters. The van der Waals surface area contributed by atoms with E-state index in [0.29, 0.717) is 26.9 Å². The fourth-order valence-corrected chi connectivity index (χ4v) is 2.41. The van der Waals surface area contributed by atoms with E-state index in [-0.39, 0.29) is 5.78 Å². The molecule has 0 heterocycles. The van der Waals surface area contributed by atoms with Gasteiger partial charge in [0, 0.05) is 16.8 Å². The number of fused-ring (bicyclic) bond motifs is 3. The summed E-state index contributed by atoms with van der Waals surface area (Å²) in [5.74, 6) is -0.0548. The van der Waals surface area contributed by atoms with Crippen LogP contribution in [0.25, 0.3) is 11.1 Å². The van der Waals surface area contributed by atoms with Gasteiger partial charge in [-0.05, 0) is 35.4 Å². The zero-order valence-electron chi connectivity index (χ0n) is 8.63. The quantitative estimate of drug-likeness (QED) is 0.628. The van der Waals surface area contributed by atoms with Crippen molar-refractivity contribution < 1.29 is 4.79 Å². The Bertz CT molecular complexity index is 665. The summed E-state index contributed by atoms with van der Waals surface area (Å²) in [7, 11) is 0. The monoisotopic (exact) mass is 263 g/mol. The lowest BCUT2D eigenvalue weighted by Gasteiger charge is -2.02. The minimum Gasteiger partial charge on any atom is -0.399 e. The second kappa shape index (κ2) is 3.49. The molecule has 84 valence electrons. The normalized spacial score (nSPS) is 12.5. The molecule has 2 nitrogen and oxygen atoms in total. The molecular formula is C13H7Cl2NO. The molecule has 0 fully saturated rings. The van der Waals surface area contributed by atoms with E-state index in [1.807, 2.05) is 6.07 Å². The number of rotatable bonds is 0. The van der Waals surface area contributed by atoms with Crippen LogP contribution in [0.2, 0.25) is 10.0 Å². The third kappa shape index (κ3) is 1.45. The molecule has 3 rings (SSSR count). The number of benzene rings is 2. The number of ketones is 1. The van der Waals surface area contributed by atoms with Crippen molar-refractivity contribution in [2.45, 2.75) is 0 Å². The third-order valence-corrected chi connectivity index (χ3v) is 3.61. The van der Waals surface area contributed by atoms with E-state index in [1.54, 1.807) is 24.3 Å². The van der Waals surface area contributed by atoms with Crippen LogP contribution in [0.3, 0.4) is 0 Å². The van der Waals surface area contributed by atoms with E-state index in [0.717, 1.165) is 11.1 Å². The topological polar surface area (TPSA) is 43.1 Å². The number of carbonyl (C=O) groups is 1. The van der Waals surface area contributed by atoms with E-state index < -0.39 is 0 Å². The molecule has 2 N–H and O–H groups in total. The summed E-state index contributed by atoms with van der Waals surface area (Å²) in [4.78, 5) is 12.1. The third-order valence-electron chi connectivity index (χ3n) is 2.88. The summed E-state index contributed by atoms with van der Waals surface area (Å²) >= 11 is 11.9. The molecule has 0 bridgehead atoms. The maximum absolute atomic E-state index is 12.1. The first kappa shape index (κ1) is 10.6. The van der Waals surface area contributed by atoms with E-state index >= 15 is 0 Å². The lowest BCUT2D eigenvalue weighted by atomic mass is 10.1. The molecule has 2 aromatic carbocycles. The van der Waals surface area contributed by atoms with Gasteiger partial charge in [-0.25, -0.2) is 0 Å². The van der Waals surface area contributed by atoms with Gasteiger partial charge in [0.1, 0.15) is 0 Å². The Hall–Kier alpha value is -1.51. The predicted octanol–water partition coefficient (Wildman–Crippen LogP) is 3.79. The smallest absolute Gasteiger partial charge is 0.194 e. The number of hydrogen-bond acceptors (Lipinski definition) is 2. The van der Waals surface area contributed by atoms with Gasteiger partial charge < -0.3 is 5.73 Å². The zero-order valence-corrected chi connectivity index (χ0v) is 10.1. The first-order chi connectivity index (χ1) is 8.08. The van der Waals surface area contributed by atoms with Gasteiger partial charge in [-0.15, -0.1) is 0 Å². The molecular weight excluding hydrogens is 257 g/mol. The molecule has 0 amide bonds. The molecule has 0 spiro atoms. The van der Waals surface area contributed by atoms with Crippen LogP contribution in [-0.4, -0.2) is 5.78 Å². The summed E-state index contributed by atoms with van der Waals surface area (Å²) in [6.07, 6.45) is 0. The minimum absolute atomic E-state index is 0.0548. The van der Waals surface area contributed by atoms with Gasteiger partial charge in [0.05, 0.1) is 10.0 Å². The fourth-order valence-electron chi connectivity index (χ4n) is 2.09. The van der Waals surface area contributed by atoms with Crippen molar-refractivity contribution in [3.63, 3.8) is 0 Å². The molecule has 2 aromatic rings. The minimum atomic E-state index is -0.0548. The molecule has 1 aliphatic rings. The predicted molar refractivity (Wildman–Crippen MR) is 69.7 cm³/mol. The highest BCUT2D eigenvalue weighted by Gasteiger charge is 2.27. The number of nitrogens with two attached hydrogens (primary N) is 1. The Labute approximate surface area is 108 Å². The summed E-state index contributed by atoms with van der Waals surface area (Å²) in [5, 5.41) is 0.836. The van der Waals surface area contributed by atoms with Gasteiger partial charge in [-0.2, -0.15) is 0 Å². The van der Waals surface area contributed by atoms with E-state index in [1.165, 1.54) is 0 Å². The highest BCUT2D eigenvalue weighted by atomic mass is 35.5. The van der Waals surface area contributed by atoms with E-state index in [2.05, 4.69) is 0 Å². The van der Waals surface area contributed by atoms with Crippen molar-refractivity contribution in [2.75, 3.05) is 5.73 Å². The van der Waals surface area contributed by atoms with Gasteiger partial charge in [-0.1, -0.05) is 29.3 Å². The summed E-state index contributed by atoms with van der Waals surface area (Å²) in [5.41, 5.74) is 9.13. The van der Waals surface area contributed by atoms with Gasteiger partial charge in [0.2, 0.25) is 0 Å². The highest BCUT2D eigenvalue weighted by Crippen LogP contribution is 2.41. The first-order valence-corrected chi connectivity index (χ1v) is 5.77. The Kier molecular flexibility index (Phi) is 2.18. The molecule has 0 aliphatic heterocycles. The number of halogens is 2. The van der Waals surface area contributed by atoms with Crippen LogP contribution in [-0.2, 0) is 0 Å². The Morgan fingerprint density at radius 2 is 1.41 bits per heavy atom. The molecule has 0 aromatic heterocycles. The maximum atomic E-state index is 12.1. The second-order valence-electron chi connectivity index (χ2n) is 3.95. The summed E-state index contributed by atoms with van der Waals surface area (Å²) in [6, 6.07) is 8.61. The fraction of sp³-hybridized carbons (Fsp3) is 0. The highest BCUT2D eigenvalue weighted by molar-refractivity contribution is 6.43. The Morgan fingerprint density at radius 3 is 2.12 bits per heavy atom. The van der Waals surface area contributed by atoms with Crippen LogP contribution in [0.4, 0.5) is 5.69 Å². The van der Waals surface area contributed by atoms with Crippen LogP contribution in [0.1, 0.15) is 15.9 Å². The van der Waals surface area contributed by atoms with E-state index in [4.69, 9.17) is 28.9 Å². The van der Waals surface area contributed by atoms with Crippen LogP contribution in [0.15, 0.2) is 30.3 Å². The molecule has 0 unspecified atom stereocenters. The molecule has 0 radical (unpaired) electrons. The number of nitrogen functional groups attached to an aromatic ring is 1. The van der Waals surface area contributed by atoms with Crippen molar-refractivity contribution in [1.29, 1.82) is 0 Å². The SMILES string of the molecule is Nc1ccc2c(c1)C(=O)c1cc(Cl)c(Cl)cc1-2. The Balaban J connectivity index is 2.35. The number of anilines is 1. The largest absolute Gasteiger partial charge is 0.399 e. The molecule has 17 heavy (non-hydrogen) atoms. The summed E-state index contributed by atoms with van der Waals surface area (Å²) in [6.45, 7) is 0. The van der Waals surface area contributed by atoms with Crippen molar-refractivity contribution in [3.8, 4) is 11.1 Å². The molecule has 1 aliphatic carbocycles. The van der Waals surface area contributed by atoms with Crippen molar-refractivity contribution in [3.05, 3.63) is 51.5 Å².